The fourth-order valence-corrected chi connectivity index (χ4v) is 6.88. The van der Waals surface area contributed by atoms with Gasteiger partial charge >= 0.3 is 0 Å². The van der Waals surface area contributed by atoms with E-state index < -0.39 is 0 Å². The van der Waals surface area contributed by atoms with E-state index in [1.54, 1.807) is 0 Å². The largest absolute Gasteiger partial charge is 0.456 e. The first kappa shape index (κ1) is 23.4. The SMILES string of the molecule is Cc1cccc(-c2ccc3c4c(cccc24)Oc2cc4c(cc2-3)oc2cc(-c3cccc(C)c3)c3ccccc3c24)c1. The lowest BCUT2D eigenvalue weighted by atomic mass is 9.89. The summed E-state index contributed by atoms with van der Waals surface area (Å²) < 4.78 is 13.3. The minimum atomic E-state index is 0.861. The lowest BCUT2D eigenvalue weighted by Gasteiger charge is -2.22. The lowest BCUT2D eigenvalue weighted by molar-refractivity contribution is 0.487. The Bertz CT molecular complexity index is 2410. The number of furan rings is 1. The van der Waals surface area contributed by atoms with Crippen molar-refractivity contribution in [3.63, 3.8) is 0 Å². The zero-order valence-corrected chi connectivity index (χ0v) is 23.4. The molecule has 1 aliphatic heterocycles. The van der Waals surface area contributed by atoms with Gasteiger partial charge in [-0.15, -0.1) is 0 Å². The number of ether oxygens (including phenoxy) is 1. The zero-order chi connectivity index (χ0) is 27.9. The van der Waals surface area contributed by atoms with E-state index in [2.05, 4.69) is 135 Å². The maximum absolute atomic E-state index is 6.67. The van der Waals surface area contributed by atoms with Crippen LogP contribution in [-0.4, -0.2) is 0 Å². The van der Waals surface area contributed by atoms with Crippen LogP contribution in [0.5, 0.6) is 11.5 Å². The first-order valence-corrected chi connectivity index (χ1v) is 14.4. The van der Waals surface area contributed by atoms with Gasteiger partial charge in [0.25, 0.3) is 0 Å². The van der Waals surface area contributed by atoms with Crippen molar-refractivity contribution in [1.82, 2.24) is 0 Å². The van der Waals surface area contributed by atoms with Crippen molar-refractivity contribution >= 4 is 43.5 Å². The molecule has 0 spiro atoms. The van der Waals surface area contributed by atoms with Crippen LogP contribution < -0.4 is 4.74 Å². The predicted octanol–water partition coefficient (Wildman–Crippen LogP) is 11.6. The molecule has 1 aliphatic rings. The maximum atomic E-state index is 6.67. The molecule has 0 aliphatic carbocycles. The van der Waals surface area contributed by atoms with Crippen LogP contribution in [-0.2, 0) is 0 Å². The van der Waals surface area contributed by atoms with Crippen LogP contribution in [0.15, 0.2) is 126 Å². The second kappa shape index (κ2) is 8.58. The summed E-state index contributed by atoms with van der Waals surface area (Å²) in [7, 11) is 0. The molecule has 198 valence electrons. The summed E-state index contributed by atoms with van der Waals surface area (Å²) in [5.74, 6) is 1.75. The number of hydrogen-bond acceptors (Lipinski definition) is 2. The second-order valence-electron chi connectivity index (χ2n) is 11.5. The van der Waals surface area contributed by atoms with Crippen LogP contribution in [0.1, 0.15) is 11.1 Å². The predicted molar refractivity (Wildman–Crippen MR) is 175 cm³/mol. The summed E-state index contributed by atoms with van der Waals surface area (Å²) in [5, 5.41) is 6.94. The van der Waals surface area contributed by atoms with E-state index in [4.69, 9.17) is 9.15 Å². The summed E-state index contributed by atoms with van der Waals surface area (Å²) in [6.07, 6.45) is 0. The van der Waals surface area contributed by atoms with Crippen molar-refractivity contribution in [2.24, 2.45) is 0 Å². The Morgan fingerprint density at radius 3 is 1.86 bits per heavy atom. The van der Waals surface area contributed by atoms with Crippen molar-refractivity contribution in [2.45, 2.75) is 13.8 Å². The molecule has 0 saturated heterocycles. The molecule has 8 aromatic rings. The van der Waals surface area contributed by atoms with E-state index in [1.807, 2.05) is 0 Å². The Morgan fingerprint density at radius 1 is 0.405 bits per heavy atom. The molecule has 0 saturated carbocycles. The number of fused-ring (bicyclic) bond motifs is 7. The van der Waals surface area contributed by atoms with E-state index in [0.29, 0.717) is 0 Å². The third-order valence-corrected chi connectivity index (χ3v) is 8.75. The quantitative estimate of drug-likeness (QED) is 0.218. The van der Waals surface area contributed by atoms with Crippen LogP contribution >= 0.6 is 0 Å². The van der Waals surface area contributed by atoms with Gasteiger partial charge in [0.15, 0.2) is 0 Å². The van der Waals surface area contributed by atoms with Crippen LogP contribution in [0.4, 0.5) is 0 Å². The van der Waals surface area contributed by atoms with E-state index in [-0.39, 0.29) is 0 Å². The maximum Gasteiger partial charge on any atom is 0.136 e. The van der Waals surface area contributed by atoms with Crippen molar-refractivity contribution in [1.29, 1.82) is 0 Å². The third kappa shape index (κ3) is 3.33. The van der Waals surface area contributed by atoms with Crippen molar-refractivity contribution in [2.75, 3.05) is 0 Å². The Morgan fingerprint density at radius 2 is 1.07 bits per heavy atom. The molecule has 1 aromatic heterocycles. The van der Waals surface area contributed by atoms with Gasteiger partial charge in [0, 0.05) is 21.7 Å². The smallest absolute Gasteiger partial charge is 0.136 e. The molecular weight excluding hydrogens is 512 g/mol. The van der Waals surface area contributed by atoms with E-state index >= 15 is 0 Å². The Labute approximate surface area is 243 Å². The van der Waals surface area contributed by atoms with Gasteiger partial charge in [-0.2, -0.15) is 0 Å². The fourth-order valence-electron chi connectivity index (χ4n) is 6.88. The third-order valence-electron chi connectivity index (χ3n) is 8.75. The molecule has 7 aromatic carbocycles. The monoisotopic (exact) mass is 538 g/mol. The van der Waals surface area contributed by atoms with Gasteiger partial charge in [-0.3, -0.25) is 0 Å². The number of rotatable bonds is 2. The first-order chi connectivity index (χ1) is 20.6. The normalized spacial score (nSPS) is 12.2. The van der Waals surface area contributed by atoms with E-state index in [9.17, 15) is 0 Å². The molecule has 0 N–H and O–H groups in total. The van der Waals surface area contributed by atoms with Crippen LogP contribution in [0.2, 0.25) is 0 Å². The summed E-state index contributed by atoms with van der Waals surface area (Å²) in [4.78, 5) is 0. The molecule has 0 unspecified atom stereocenters. The van der Waals surface area contributed by atoms with Crippen molar-refractivity contribution in [3.05, 3.63) is 132 Å². The van der Waals surface area contributed by atoms with Gasteiger partial charge in [0.05, 0.1) is 0 Å². The number of benzene rings is 7. The average molecular weight is 539 g/mol. The molecule has 0 bridgehead atoms. The fraction of sp³-hybridized carbons (Fsp3) is 0.0500. The van der Waals surface area contributed by atoms with Crippen LogP contribution in [0, 0.1) is 13.8 Å². The van der Waals surface area contributed by atoms with Crippen LogP contribution in [0.3, 0.4) is 0 Å². The van der Waals surface area contributed by atoms with Gasteiger partial charge in [-0.1, -0.05) is 108 Å². The molecular formula is C40H26O2. The summed E-state index contributed by atoms with van der Waals surface area (Å²) in [6.45, 7) is 4.28. The second-order valence-corrected chi connectivity index (χ2v) is 11.5. The molecule has 9 rings (SSSR count). The minimum Gasteiger partial charge on any atom is -0.456 e. The molecule has 0 atom stereocenters. The highest BCUT2D eigenvalue weighted by atomic mass is 16.5. The Balaban J connectivity index is 1.30. The highest BCUT2D eigenvalue weighted by Crippen LogP contribution is 2.51. The molecule has 2 heteroatoms. The molecule has 2 heterocycles. The van der Waals surface area contributed by atoms with Gasteiger partial charge in [-0.05, 0) is 82.1 Å². The summed E-state index contributed by atoms with van der Waals surface area (Å²) >= 11 is 0. The minimum absolute atomic E-state index is 0.861. The molecule has 2 nitrogen and oxygen atoms in total. The van der Waals surface area contributed by atoms with Crippen molar-refractivity contribution in [3.8, 4) is 44.9 Å². The van der Waals surface area contributed by atoms with Gasteiger partial charge in [0.2, 0.25) is 0 Å². The zero-order valence-electron chi connectivity index (χ0n) is 23.4. The van der Waals surface area contributed by atoms with E-state index in [0.717, 1.165) is 44.4 Å². The Kier molecular flexibility index (Phi) is 4.77. The van der Waals surface area contributed by atoms with Gasteiger partial charge in [0.1, 0.15) is 22.7 Å². The summed E-state index contributed by atoms with van der Waals surface area (Å²) in [5.41, 5.74) is 11.3. The van der Waals surface area contributed by atoms with Crippen molar-refractivity contribution < 1.29 is 9.15 Å². The Hall–Kier alpha value is -5.34. The molecule has 0 radical (unpaired) electrons. The van der Waals surface area contributed by atoms with Gasteiger partial charge in [-0.25, -0.2) is 0 Å². The highest BCUT2D eigenvalue weighted by molar-refractivity contribution is 6.23. The molecule has 0 fully saturated rings. The summed E-state index contributed by atoms with van der Waals surface area (Å²) in [6, 6.07) is 43.4. The van der Waals surface area contributed by atoms with E-state index in [1.165, 1.54) is 55.1 Å². The number of aryl methyl sites for hydroxylation is 2. The standard InChI is InChI=1S/C40H26O2/c1-23-8-5-10-25(18-23)27-16-17-31-33-21-37-34(22-36(33)41-35-15-7-14-29(27)39(31)35)40-30-13-4-3-12-28(30)32(20-38(40)42-37)26-11-6-9-24(2)19-26/h3-22H,1-2H3. The molecule has 0 amide bonds. The first-order valence-electron chi connectivity index (χ1n) is 14.4. The average Bonchev–Trinajstić information content (AvgIpc) is 3.37. The molecule has 42 heavy (non-hydrogen) atoms. The topological polar surface area (TPSA) is 22.4 Å². The number of hydrogen-bond donors (Lipinski definition) is 0. The van der Waals surface area contributed by atoms with Crippen LogP contribution in [0.25, 0.3) is 76.9 Å². The van der Waals surface area contributed by atoms with Gasteiger partial charge < -0.3 is 9.15 Å². The lowest BCUT2D eigenvalue weighted by Crippen LogP contribution is -1.98. The highest BCUT2D eigenvalue weighted by Gasteiger charge is 2.24.